The molecule has 3 rings (SSSR count). The average Bonchev–Trinajstić information content (AvgIpc) is 2.92. The Morgan fingerprint density at radius 1 is 1.32 bits per heavy atom. The van der Waals surface area contributed by atoms with E-state index in [0.29, 0.717) is 24.7 Å². The molecule has 134 valence electrons. The fourth-order valence-electron chi connectivity index (χ4n) is 3.14. The Labute approximate surface area is 146 Å². The van der Waals surface area contributed by atoms with Gasteiger partial charge in [0.2, 0.25) is 5.88 Å². The van der Waals surface area contributed by atoms with E-state index in [4.69, 9.17) is 4.74 Å². The van der Waals surface area contributed by atoms with Crippen LogP contribution in [0.4, 0.5) is 0 Å². The van der Waals surface area contributed by atoms with Gasteiger partial charge in [0, 0.05) is 12.6 Å². The van der Waals surface area contributed by atoms with Crippen LogP contribution >= 0.6 is 0 Å². The zero-order chi connectivity index (χ0) is 18.0. The minimum Gasteiger partial charge on any atom is -0.467 e. The van der Waals surface area contributed by atoms with Gasteiger partial charge in [-0.2, -0.15) is 4.98 Å². The third-order valence-corrected chi connectivity index (χ3v) is 6.07. The van der Waals surface area contributed by atoms with Crippen LogP contribution in [0.25, 0.3) is 10.9 Å². The first kappa shape index (κ1) is 17.6. The maximum atomic E-state index is 12.5. The highest BCUT2D eigenvalue weighted by Crippen LogP contribution is 2.22. The zero-order valence-corrected chi connectivity index (χ0v) is 15.1. The van der Waals surface area contributed by atoms with E-state index in [9.17, 15) is 13.2 Å². The molecule has 1 fully saturated rings. The lowest BCUT2D eigenvalue weighted by molar-refractivity contribution is -0.135. The summed E-state index contributed by atoms with van der Waals surface area (Å²) in [5, 5.41) is 0.743. The molecule has 1 aromatic carbocycles. The Kier molecular flexibility index (Phi) is 4.89. The Bertz CT molecular complexity index is 898. The zero-order valence-electron chi connectivity index (χ0n) is 14.3. The number of hydrogen-bond donors (Lipinski definition) is 0. The number of ether oxygens (including phenoxy) is 1. The van der Waals surface area contributed by atoms with Gasteiger partial charge in [-0.25, -0.2) is 13.4 Å². The number of sulfone groups is 1. The van der Waals surface area contributed by atoms with E-state index in [-0.39, 0.29) is 30.1 Å². The number of likely N-dealkylation sites (N-methyl/N-ethyl adjacent to an activating group) is 1. The number of hydrogen-bond acceptors (Lipinski definition) is 6. The number of rotatable bonds is 5. The minimum absolute atomic E-state index is 0.0299. The largest absolute Gasteiger partial charge is 0.467 e. The second-order valence-electron chi connectivity index (χ2n) is 6.12. The molecule has 0 spiro atoms. The lowest BCUT2D eigenvalue weighted by atomic mass is 10.2. The number of benzene rings is 1. The van der Waals surface area contributed by atoms with Gasteiger partial charge in [0.1, 0.15) is 5.82 Å². The molecule has 25 heavy (non-hydrogen) atoms. The van der Waals surface area contributed by atoms with Crippen molar-refractivity contribution in [2.24, 2.45) is 0 Å². The van der Waals surface area contributed by atoms with Crippen molar-refractivity contribution in [3.05, 3.63) is 30.1 Å². The van der Waals surface area contributed by atoms with Gasteiger partial charge in [-0.05, 0) is 32.4 Å². The van der Waals surface area contributed by atoms with Crippen molar-refractivity contribution in [2.75, 3.05) is 24.7 Å². The van der Waals surface area contributed by atoms with Crippen LogP contribution in [0, 0.1) is 6.92 Å². The predicted molar refractivity (Wildman–Crippen MR) is 94.2 cm³/mol. The quantitative estimate of drug-likeness (QED) is 0.797. The summed E-state index contributed by atoms with van der Waals surface area (Å²) in [5.41, 5.74) is 0.756. The van der Waals surface area contributed by atoms with Crippen LogP contribution in [0.5, 0.6) is 5.88 Å². The van der Waals surface area contributed by atoms with E-state index in [1.165, 1.54) is 0 Å². The minimum atomic E-state index is -3.04. The number of carbonyl (C=O) groups is 1. The van der Waals surface area contributed by atoms with Crippen LogP contribution < -0.4 is 4.74 Å². The summed E-state index contributed by atoms with van der Waals surface area (Å²) in [5.74, 6) is 0.868. The van der Waals surface area contributed by atoms with Crippen LogP contribution in [0.15, 0.2) is 24.3 Å². The van der Waals surface area contributed by atoms with Crippen molar-refractivity contribution in [2.45, 2.75) is 26.3 Å². The van der Waals surface area contributed by atoms with Crippen molar-refractivity contribution < 1.29 is 17.9 Å². The van der Waals surface area contributed by atoms with E-state index in [0.717, 1.165) is 10.9 Å². The van der Waals surface area contributed by atoms with Crippen molar-refractivity contribution in [1.29, 1.82) is 0 Å². The number of para-hydroxylation sites is 1. The summed E-state index contributed by atoms with van der Waals surface area (Å²) < 4.78 is 29.0. The highest BCUT2D eigenvalue weighted by Gasteiger charge is 2.34. The summed E-state index contributed by atoms with van der Waals surface area (Å²) in [6.45, 7) is 3.88. The van der Waals surface area contributed by atoms with Crippen molar-refractivity contribution in [1.82, 2.24) is 14.9 Å². The molecule has 1 aliphatic rings. The molecule has 1 aliphatic heterocycles. The summed E-state index contributed by atoms with van der Waals surface area (Å²) in [6, 6.07) is 7.17. The lowest BCUT2D eigenvalue weighted by Gasteiger charge is -2.26. The molecule has 0 unspecified atom stereocenters. The number of fused-ring (bicyclic) bond motifs is 1. The molecular formula is C17H21N3O4S. The van der Waals surface area contributed by atoms with Gasteiger partial charge >= 0.3 is 0 Å². The summed E-state index contributed by atoms with van der Waals surface area (Å²) in [4.78, 5) is 22.7. The standard InChI is InChI=1S/C17H21N3O4S/c1-3-20(13-8-9-25(22,23)11-13)16(21)10-24-17-14-6-4-5-7-15(14)18-12(2)19-17/h4-7,13H,3,8-11H2,1-2H3/t13-/m1/s1. The van der Waals surface area contributed by atoms with E-state index in [1.807, 2.05) is 31.2 Å². The molecule has 0 saturated carbocycles. The SMILES string of the molecule is CCN(C(=O)COc1nc(C)nc2ccccc12)[C@@H]1CCS(=O)(=O)C1. The number of amides is 1. The third-order valence-electron chi connectivity index (χ3n) is 4.32. The second-order valence-corrected chi connectivity index (χ2v) is 8.35. The smallest absolute Gasteiger partial charge is 0.260 e. The van der Waals surface area contributed by atoms with Crippen molar-refractivity contribution in [3.63, 3.8) is 0 Å². The number of nitrogens with zero attached hydrogens (tertiary/aromatic N) is 3. The molecule has 1 amide bonds. The first-order valence-corrected chi connectivity index (χ1v) is 10.1. The third kappa shape index (κ3) is 3.89. The number of aromatic nitrogens is 2. The van der Waals surface area contributed by atoms with Gasteiger partial charge in [-0.3, -0.25) is 4.79 Å². The van der Waals surface area contributed by atoms with Crippen LogP contribution in [0.3, 0.4) is 0 Å². The summed E-state index contributed by atoms with van der Waals surface area (Å²) in [7, 11) is -3.04. The first-order chi connectivity index (χ1) is 11.9. The topological polar surface area (TPSA) is 89.5 Å². The molecule has 0 aliphatic carbocycles. The van der Waals surface area contributed by atoms with Gasteiger partial charge < -0.3 is 9.64 Å². The molecule has 1 atom stereocenters. The van der Waals surface area contributed by atoms with E-state index >= 15 is 0 Å². The molecule has 7 nitrogen and oxygen atoms in total. The Morgan fingerprint density at radius 3 is 2.76 bits per heavy atom. The molecule has 1 aromatic heterocycles. The number of aryl methyl sites for hydroxylation is 1. The van der Waals surface area contributed by atoms with E-state index in [2.05, 4.69) is 9.97 Å². The van der Waals surface area contributed by atoms with Gasteiger partial charge in [0.25, 0.3) is 5.91 Å². The maximum absolute atomic E-state index is 12.5. The van der Waals surface area contributed by atoms with Gasteiger partial charge in [-0.15, -0.1) is 0 Å². The molecule has 2 heterocycles. The van der Waals surface area contributed by atoms with E-state index < -0.39 is 9.84 Å². The molecule has 8 heteroatoms. The normalized spacial score (nSPS) is 19.0. The highest BCUT2D eigenvalue weighted by molar-refractivity contribution is 7.91. The molecule has 2 aromatic rings. The van der Waals surface area contributed by atoms with Gasteiger partial charge in [-0.1, -0.05) is 12.1 Å². The second kappa shape index (κ2) is 6.95. The lowest BCUT2D eigenvalue weighted by Crippen LogP contribution is -2.43. The van der Waals surface area contributed by atoms with Crippen molar-refractivity contribution >= 4 is 26.6 Å². The average molecular weight is 363 g/mol. The monoisotopic (exact) mass is 363 g/mol. The highest BCUT2D eigenvalue weighted by atomic mass is 32.2. The molecule has 1 saturated heterocycles. The van der Waals surface area contributed by atoms with Crippen LogP contribution in [0.2, 0.25) is 0 Å². The van der Waals surface area contributed by atoms with Crippen LogP contribution in [0.1, 0.15) is 19.2 Å². The van der Waals surface area contributed by atoms with E-state index in [1.54, 1.807) is 11.8 Å². The maximum Gasteiger partial charge on any atom is 0.260 e. The van der Waals surface area contributed by atoms with Gasteiger partial charge in [0.05, 0.1) is 22.4 Å². The first-order valence-electron chi connectivity index (χ1n) is 8.25. The fourth-order valence-corrected chi connectivity index (χ4v) is 4.87. The van der Waals surface area contributed by atoms with Crippen LogP contribution in [-0.4, -0.2) is 59.9 Å². The Hall–Kier alpha value is -2.22. The fraction of sp³-hybridized carbons (Fsp3) is 0.471. The Balaban J connectivity index is 1.74. The molecular weight excluding hydrogens is 342 g/mol. The molecule has 0 N–H and O–H groups in total. The Morgan fingerprint density at radius 2 is 2.08 bits per heavy atom. The molecule has 0 bridgehead atoms. The summed E-state index contributed by atoms with van der Waals surface area (Å²) >= 11 is 0. The summed E-state index contributed by atoms with van der Waals surface area (Å²) in [6.07, 6.45) is 0.484. The van der Waals surface area contributed by atoms with Crippen LogP contribution in [-0.2, 0) is 14.6 Å². The molecule has 0 radical (unpaired) electrons. The number of carbonyl (C=O) groups excluding carboxylic acids is 1. The van der Waals surface area contributed by atoms with Crippen molar-refractivity contribution in [3.8, 4) is 5.88 Å². The predicted octanol–water partition coefficient (Wildman–Crippen LogP) is 1.35. The van der Waals surface area contributed by atoms with Gasteiger partial charge in [0.15, 0.2) is 16.4 Å².